The summed E-state index contributed by atoms with van der Waals surface area (Å²) in [5.41, 5.74) is 1.22. The van der Waals surface area contributed by atoms with Gasteiger partial charge in [0.1, 0.15) is 12.0 Å². The van der Waals surface area contributed by atoms with Gasteiger partial charge in [0, 0.05) is 31.5 Å². The van der Waals surface area contributed by atoms with Crippen LogP contribution in [-0.2, 0) is 6.42 Å². The summed E-state index contributed by atoms with van der Waals surface area (Å²) >= 11 is 0. The van der Waals surface area contributed by atoms with Gasteiger partial charge in [0.15, 0.2) is 0 Å². The second-order valence-electron chi connectivity index (χ2n) is 4.32. The minimum atomic E-state index is -0.440. The summed E-state index contributed by atoms with van der Waals surface area (Å²) in [6.45, 7) is 3.65. The van der Waals surface area contributed by atoms with Gasteiger partial charge in [-0.3, -0.25) is 15.1 Å². The number of hydrogen-bond acceptors (Lipinski definition) is 5. The van der Waals surface area contributed by atoms with Crippen LogP contribution in [0.2, 0.25) is 0 Å². The fourth-order valence-electron chi connectivity index (χ4n) is 1.92. The fourth-order valence-corrected chi connectivity index (χ4v) is 1.92. The standard InChI is InChI=1S/C14H16N4O2/c1-2-17(10-7-12-5-8-15-9-6-12)14-4-3-13(11-16-14)18(19)20/h3-6,8-9,11H,2,7,10H2,1H3. The van der Waals surface area contributed by atoms with E-state index in [9.17, 15) is 10.1 Å². The molecule has 0 aromatic carbocycles. The van der Waals surface area contributed by atoms with E-state index in [4.69, 9.17) is 0 Å². The lowest BCUT2D eigenvalue weighted by molar-refractivity contribution is -0.385. The molecule has 2 heterocycles. The minimum absolute atomic E-state index is 0.0129. The van der Waals surface area contributed by atoms with Gasteiger partial charge >= 0.3 is 0 Å². The number of hydrogen-bond donors (Lipinski definition) is 0. The zero-order valence-corrected chi connectivity index (χ0v) is 11.3. The molecular formula is C14H16N4O2. The normalized spacial score (nSPS) is 10.2. The van der Waals surface area contributed by atoms with Crippen LogP contribution in [0.5, 0.6) is 0 Å². The molecule has 20 heavy (non-hydrogen) atoms. The third-order valence-electron chi connectivity index (χ3n) is 3.07. The van der Waals surface area contributed by atoms with Crippen molar-refractivity contribution in [2.75, 3.05) is 18.0 Å². The van der Waals surface area contributed by atoms with E-state index in [1.54, 1.807) is 18.5 Å². The molecule has 0 aliphatic carbocycles. The first kappa shape index (κ1) is 13.9. The van der Waals surface area contributed by atoms with Gasteiger partial charge in [-0.25, -0.2) is 4.98 Å². The van der Waals surface area contributed by atoms with Gasteiger partial charge in [-0.15, -0.1) is 0 Å². The maximum absolute atomic E-state index is 10.6. The van der Waals surface area contributed by atoms with Gasteiger partial charge in [-0.1, -0.05) is 0 Å². The Hall–Kier alpha value is -2.50. The molecule has 0 aliphatic rings. The van der Waals surface area contributed by atoms with Gasteiger partial charge in [-0.05, 0) is 37.1 Å². The first-order valence-corrected chi connectivity index (χ1v) is 6.45. The molecule has 0 N–H and O–H groups in total. The minimum Gasteiger partial charge on any atom is -0.357 e. The maximum Gasteiger partial charge on any atom is 0.287 e. The number of likely N-dealkylation sites (N-methyl/N-ethyl adjacent to an activating group) is 1. The van der Waals surface area contributed by atoms with E-state index in [0.29, 0.717) is 0 Å². The summed E-state index contributed by atoms with van der Waals surface area (Å²) in [4.78, 5) is 20.4. The Bertz CT molecular complexity index is 557. The number of nitrogens with zero attached hydrogens (tertiary/aromatic N) is 4. The lowest BCUT2D eigenvalue weighted by Gasteiger charge is -2.21. The van der Waals surface area contributed by atoms with Gasteiger partial charge in [-0.2, -0.15) is 0 Å². The Kier molecular flexibility index (Phi) is 4.60. The van der Waals surface area contributed by atoms with Crippen molar-refractivity contribution in [3.8, 4) is 0 Å². The van der Waals surface area contributed by atoms with E-state index < -0.39 is 4.92 Å². The molecule has 0 bridgehead atoms. The lowest BCUT2D eigenvalue weighted by atomic mass is 10.2. The van der Waals surface area contributed by atoms with Crippen LogP contribution in [-0.4, -0.2) is 28.0 Å². The Morgan fingerprint density at radius 1 is 1.25 bits per heavy atom. The maximum atomic E-state index is 10.6. The Morgan fingerprint density at radius 2 is 2.00 bits per heavy atom. The van der Waals surface area contributed by atoms with Gasteiger partial charge in [0.05, 0.1) is 4.92 Å². The van der Waals surface area contributed by atoms with Crippen molar-refractivity contribution in [1.29, 1.82) is 0 Å². The van der Waals surface area contributed by atoms with Crippen molar-refractivity contribution < 1.29 is 4.92 Å². The van der Waals surface area contributed by atoms with Crippen LogP contribution in [0.25, 0.3) is 0 Å². The highest BCUT2D eigenvalue weighted by atomic mass is 16.6. The lowest BCUT2D eigenvalue weighted by Crippen LogP contribution is -2.26. The molecule has 6 heteroatoms. The quantitative estimate of drug-likeness (QED) is 0.596. The number of anilines is 1. The summed E-state index contributed by atoms with van der Waals surface area (Å²) in [5.74, 6) is 0.757. The molecule has 0 saturated carbocycles. The summed E-state index contributed by atoms with van der Waals surface area (Å²) in [5, 5.41) is 10.6. The topological polar surface area (TPSA) is 72.2 Å². The molecule has 6 nitrogen and oxygen atoms in total. The Balaban J connectivity index is 2.02. The fraction of sp³-hybridized carbons (Fsp3) is 0.286. The molecule has 0 spiro atoms. The van der Waals surface area contributed by atoms with Crippen LogP contribution in [0.4, 0.5) is 11.5 Å². The number of nitro groups is 1. The highest BCUT2D eigenvalue weighted by Gasteiger charge is 2.09. The molecule has 2 aromatic rings. The molecule has 0 saturated heterocycles. The number of aromatic nitrogens is 2. The van der Waals surface area contributed by atoms with Crippen LogP contribution < -0.4 is 4.90 Å². The molecule has 0 radical (unpaired) electrons. The first-order valence-electron chi connectivity index (χ1n) is 6.45. The van der Waals surface area contributed by atoms with Crippen molar-refractivity contribution in [3.05, 3.63) is 58.5 Å². The molecule has 0 amide bonds. The van der Waals surface area contributed by atoms with Crippen molar-refractivity contribution >= 4 is 11.5 Å². The predicted molar refractivity (Wildman–Crippen MR) is 76.7 cm³/mol. The van der Waals surface area contributed by atoms with Crippen LogP contribution in [0.3, 0.4) is 0 Å². The van der Waals surface area contributed by atoms with Crippen molar-refractivity contribution in [1.82, 2.24) is 9.97 Å². The van der Waals surface area contributed by atoms with Crippen LogP contribution in [0, 0.1) is 10.1 Å². The molecule has 0 fully saturated rings. The van der Waals surface area contributed by atoms with Crippen LogP contribution in [0.15, 0.2) is 42.9 Å². The van der Waals surface area contributed by atoms with E-state index in [1.165, 1.54) is 17.8 Å². The van der Waals surface area contributed by atoms with E-state index in [-0.39, 0.29) is 5.69 Å². The molecule has 104 valence electrons. The van der Waals surface area contributed by atoms with Crippen molar-refractivity contribution in [2.45, 2.75) is 13.3 Å². The number of rotatable bonds is 6. The third kappa shape index (κ3) is 3.50. The van der Waals surface area contributed by atoms with Gasteiger partial charge in [0.2, 0.25) is 0 Å². The highest BCUT2D eigenvalue weighted by Crippen LogP contribution is 2.16. The van der Waals surface area contributed by atoms with E-state index in [0.717, 1.165) is 25.3 Å². The molecule has 0 aliphatic heterocycles. The summed E-state index contributed by atoms with van der Waals surface area (Å²) in [6.07, 6.45) is 5.73. The average molecular weight is 272 g/mol. The molecule has 2 aromatic heterocycles. The van der Waals surface area contributed by atoms with E-state index >= 15 is 0 Å². The van der Waals surface area contributed by atoms with Crippen molar-refractivity contribution in [3.63, 3.8) is 0 Å². The zero-order valence-electron chi connectivity index (χ0n) is 11.3. The highest BCUT2D eigenvalue weighted by molar-refractivity contribution is 5.42. The average Bonchev–Trinajstić information content (AvgIpc) is 2.49. The SMILES string of the molecule is CCN(CCc1ccncc1)c1ccc([N+](=O)[O-])cn1. The monoisotopic (exact) mass is 272 g/mol. The van der Waals surface area contributed by atoms with Gasteiger partial charge in [0.25, 0.3) is 5.69 Å². The van der Waals surface area contributed by atoms with Crippen LogP contribution in [0.1, 0.15) is 12.5 Å². The second kappa shape index (κ2) is 6.60. The zero-order chi connectivity index (χ0) is 14.4. The largest absolute Gasteiger partial charge is 0.357 e. The predicted octanol–water partition coefficient (Wildman–Crippen LogP) is 2.45. The van der Waals surface area contributed by atoms with E-state index in [2.05, 4.69) is 14.9 Å². The first-order chi connectivity index (χ1) is 9.70. The van der Waals surface area contributed by atoms with Crippen molar-refractivity contribution in [2.24, 2.45) is 0 Å². The Labute approximate surface area is 117 Å². The van der Waals surface area contributed by atoms with Crippen LogP contribution >= 0.6 is 0 Å². The van der Waals surface area contributed by atoms with E-state index in [1.807, 2.05) is 19.1 Å². The summed E-state index contributed by atoms with van der Waals surface area (Å²) in [7, 11) is 0. The molecular weight excluding hydrogens is 256 g/mol. The smallest absolute Gasteiger partial charge is 0.287 e. The summed E-state index contributed by atoms with van der Waals surface area (Å²) in [6, 6.07) is 7.14. The molecule has 0 atom stereocenters. The summed E-state index contributed by atoms with van der Waals surface area (Å²) < 4.78 is 0. The molecule has 0 unspecified atom stereocenters. The number of pyridine rings is 2. The third-order valence-corrected chi connectivity index (χ3v) is 3.07. The second-order valence-corrected chi connectivity index (χ2v) is 4.32. The molecule has 2 rings (SSSR count). The van der Waals surface area contributed by atoms with Gasteiger partial charge < -0.3 is 4.90 Å². The Morgan fingerprint density at radius 3 is 2.55 bits per heavy atom.